The first-order chi connectivity index (χ1) is 6.22. The maximum absolute atomic E-state index is 2.38. The summed E-state index contributed by atoms with van der Waals surface area (Å²) in [5.74, 6) is 2.01. The minimum atomic E-state index is 1.00. The lowest BCUT2D eigenvalue weighted by atomic mass is 9.82. The normalized spacial score (nSPS) is 28.3. The molecule has 2 unspecified atom stereocenters. The first kappa shape index (κ1) is 12.7. The van der Waals surface area contributed by atoms with Crippen LogP contribution in [-0.2, 0) is 0 Å². The molecule has 0 aliphatic heterocycles. The zero-order valence-corrected chi connectivity index (χ0v) is 9.84. The van der Waals surface area contributed by atoms with Crippen LogP contribution >= 0.6 is 0 Å². The van der Waals surface area contributed by atoms with Gasteiger partial charge in [-0.3, -0.25) is 0 Å². The maximum Gasteiger partial charge on any atom is -0.0379 e. The standard InChI is InChI=1S/C8H16.C5H10/c1-7-5-3-4-6-8(7)2;1-3-5-4-2/h7-8H,3-6H2,1-2H3;3,5H,4H2,1-2H3. The Labute approximate surface area is 84.4 Å². The third-order valence-electron chi connectivity index (χ3n) is 3.01. The van der Waals surface area contributed by atoms with Gasteiger partial charge in [-0.25, -0.2) is 0 Å². The summed E-state index contributed by atoms with van der Waals surface area (Å²) in [6.07, 6.45) is 11.2. The van der Waals surface area contributed by atoms with Crippen LogP contribution < -0.4 is 0 Å². The molecule has 0 amide bonds. The molecule has 0 saturated heterocycles. The van der Waals surface area contributed by atoms with Gasteiger partial charge in [0.1, 0.15) is 0 Å². The summed E-state index contributed by atoms with van der Waals surface area (Å²) in [6.45, 7) is 8.91. The zero-order chi connectivity index (χ0) is 10.1. The smallest absolute Gasteiger partial charge is 0.0379 e. The van der Waals surface area contributed by atoms with Gasteiger partial charge in [0.25, 0.3) is 0 Å². The number of hydrogen-bond acceptors (Lipinski definition) is 0. The van der Waals surface area contributed by atoms with E-state index in [1.165, 1.54) is 25.7 Å². The molecule has 0 nitrogen and oxygen atoms in total. The quantitative estimate of drug-likeness (QED) is 0.511. The molecular weight excluding hydrogens is 156 g/mol. The molecule has 0 aromatic heterocycles. The Morgan fingerprint density at radius 2 is 1.54 bits per heavy atom. The van der Waals surface area contributed by atoms with Crippen LogP contribution in [0.15, 0.2) is 12.2 Å². The Morgan fingerprint density at radius 1 is 1.08 bits per heavy atom. The van der Waals surface area contributed by atoms with Crippen LogP contribution in [0.25, 0.3) is 0 Å². The minimum Gasteiger partial charge on any atom is -0.0917 e. The molecule has 13 heavy (non-hydrogen) atoms. The van der Waals surface area contributed by atoms with Gasteiger partial charge in [-0.15, -0.1) is 0 Å². The Hall–Kier alpha value is -0.260. The van der Waals surface area contributed by atoms with Gasteiger partial charge < -0.3 is 0 Å². The Bertz CT molecular complexity index is 114. The molecule has 1 aliphatic carbocycles. The molecule has 0 aromatic rings. The maximum atomic E-state index is 2.38. The van der Waals surface area contributed by atoms with E-state index in [4.69, 9.17) is 0 Å². The molecule has 0 heteroatoms. The van der Waals surface area contributed by atoms with Crippen molar-refractivity contribution in [3.8, 4) is 0 Å². The molecule has 0 radical (unpaired) electrons. The van der Waals surface area contributed by atoms with Gasteiger partial charge in [0.2, 0.25) is 0 Å². The Balaban J connectivity index is 0.000000252. The van der Waals surface area contributed by atoms with E-state index >= 15 is 0 Å². The van der Waals surface area contributed by atoms with Crippen LogP contribution in [0.5, 0.6) is 0 Å². The first-order valence-electron chi connectivity index (χ1n) is 5.83. The van der Waals surface area contributed by atoms with Gasteiger partial charge in [0.05, 0.1) is 0 Å². The highest BCUT2D eigenvalue weighted by Gasteiger charge is 2.15. The molecule has 1 rings (SSSR count). The molecule has 0 heterocycles. The molecule has 0 spiro atoms. The summed E-state index contributed by atoms with van der Waals surface area (Å²) in [5.41, 5.74) is 0. The van der Waals surface area contributed by atoms with E-state index in [1.807, 2.05) is 6.92 Å². The number of rotatable bonds is 1. The molecule has 1 fully saturated rings. The lowest BCUT2D eigenvalue weighted by Gasteiger charge is -2.24. The molecule has 0 bridgehead atoms. The van der Waals surface area contributed by atoms with Crippen LogP contribution in [0.4, 0.5) is 0 Å². The van der Waals surface area contributed by atoms with Gasteiger partial charge in [0.15, 0.2) is 0 Å². The summed E-state index contributed by atoms with van der Waals surface area (Å²) in [5, 5.41) is 0. The highest BCUT2D eigenvalue weighted by molar-refractivity contribution is 4.73. The SMILES string of the molecule is CC1CCCCC1C.CC=CCC. The molecule has 0 N–H and O–H groups in total. The second kappa shape index (κ2) is 8.34. The topological polar surface area (TPSA) is 0 Å². The van der Waals surface area contributed by atoms with Crippen molar-refractivity contribution in [2.24, 2.45) is 11.8 Å². The fourth-order valence-electron chi connectivity index (χ4n) is 1.74. The van der Waals surface area contributed by atoms with Crippen molar-refractivity contribution in [1.82, 2.24) is 0 Å². The van der Waals surface area contributed by atoms with Crippen LogP contribution in [0.3, 0.4) is 0 Å². The van der Waals surface area contributed by atoms with Gasteiger partial charge in [-0.05, 0) is 25.2 Å². The third kappa shape index (κ3) is 6.86. The predicted octanol–water partition coefficient (Wildman–Crippen LogP) is 4.81. The Morgan fingerprint density at radius 3 is 1.69 bits per heavy atom. The molecule has 1 saturated carbocycles. The zero-order valence-electron chi connectivity index (χ0n) is 9.84. The molecule has 0 aromatic carbocycles. The predicted molar refractivity (Wildman–Crippen MR) is 61.9 cm³/mol. The second-order valence-corrected chi connectivity index (χ2v) is 4.22. The van der Waals surface area contributed by atoms with Crippen LogP contribution in [0, 0.1) is 11.8 Å². The van der Waals surface area contributed by atoms with Crippen molar-refractivity contribution in [2.45, 2.75) is 59.8 Å². The summed E-state index contributed by atoms with van der Waals surface area (Å²) in [6, 6.07) is 0. The van der Waals surface area contributed by atoms with Gasteiger partial charge in [-0.1, -0.05) is 58.6 Å². The van der Waals surface area contributed by atoms with Crippen molar-refractivity contribution in [1.29, 1.82) is 0 Å². The van der Waals surface area contributed by atoms with Gasteiger partial charge >= 0.3 is 0 Å². The fourth-order valence-corrected chi connectivity index (χ4v) is 1.74. The highest BCUT2D eigenvalue weighted by Crippen LogP contribution is 2.28. The van der Waals surface area contributed by atoms with Crippen LogP contribution in [-0.4, -0.2) is 0 Å². The monoisotopic (exact) mass is 182 g/mol. The van der Waals surface area contributed by atoms with Crippen molar-refractivity contribution in [2.75, 3.05) is 0 Å². The summed E-state index contributed by atoms with van der Waals surface area (Å²) >= 11 is 0. The van der Waals surface area contributed by atoms with E-state index < -0.39 is 0 Å². The van der Waals surface area contributed by atoms with E-state index in [-0.39, 0.29) is 0 Å². The van der Waals surface area contributed by atoms with E-state index in [0.717, 1.165) is 18.3 Å². The van der Waals surface area contributed by atoms with Gasteiger partial charge in [-0.2, -0.15) is 0 Å². The highest BCUT2D eigenvalue weighted by atomic mass is 14.2. The van der Waals surface area contributed by atoms with E-state index in [1.54, 1.807) is 0 Å². The third-order valence-corrected chi connectivity index (χ3v) is 3.01. The van der Waals surface area contributed by atoms with E-state index in [2.05, 4.69) is 32.9 Å². The molecule has 2 atom stereocenters. The second-order valence-electron chi connectivity index (χ2n) is 4.22. The molecule has 78 valence electrons. The molecular formula is C13H26. The van der Waals surface area contributed by atoms with Crippen molar-refractivity contribution in [3.63, 3.8) is 0 Å². The average molecular weight is 182 g/mol. The van der Waals surface area contributed by atoms with Crippen LogP contribution in [0.1, 0.15) is 59.8 Å². The fraction of sp³-hybridized carbons (Fsp3) is 0.846. The number of allylic oxidation sites excluding steroid dienone is 2. The largest absolute Gasteiger partial charge is 0.0917 e. The first-order valence-corrected chi connectivity index (χ1v) is 5.83. The summed E-state index contributed by atoms with van der Waals surface area (Å²) < 4.78 is 0. The van der Waals surface area contributed by atoms with Gasteiger partial charge in [0, 0.05) is 0 Å². The number of hydrogen-bond donors (Lipinski definition) is 0. The van der Waals surface area contributed by atoms with Crippen LogP contribution in [0.2, 0.25) is 0 Å². The lowest BCUT2D eigenvalue weighted by molar-refractivity contribution is 0.277. The van der Waals surface area contributed by atoms with Crippen molar-refractivity contribution in [3.05, 3.63) is 12.2 Å². The van der Waals surface area contributed by atoms with E-state index in [9.17, 15) is 0 Å². The Kier molecular flexibility index (Phi) is 8.18. The average Bonchev–Trinajstić information content (AvgIpc) is 2.13. The summed E-state index contributed by atoms with van der Waals surface area (Å²) in [4.78, 5) is 0. The lowest BCUT2D eigenvalue weighted by Crippen LogP contribution is -2.12. The van der Waals surface area contributed by atoms with Crippen molar-refractivity contribution < 1.29 is 0 Å². The minimum absolute atomic E-state index is 1.00. The van der Waals surface area contributed by atoms with Crippen molar-refractivity contribution >= 4 is 0 Å². The summed E-state index contributed by atoms with van der Waals surface area (Å²) in [7, 11) is 0. The molecule has 1 aliphatic rings. The van der Waals surface area contributed by atoms with E-state index in [0.29, 0.717) is 0 Å².